The van der Waals surface area contributed by atoms with E-state index in [1.165, 1.54) is 6.08 Å². The first-order valence-electron chi connectivity index (χ1n) is 5.54. The van der Waals surface area contributed by atoms with Gasteiger partial charge in [0.25, 0.3) is 0 Å². The first-order chi connectivity index (χ1) is 8.43. The highest BCUT2D eigenvalue weighted by Crippen LogP contribution is 2.52. The van der Waals surface area contributed by atoms with Gasteiger partial charge in [0.1, 0.15) is 0 Å². The molecule has 2 nitrogen and oxygen atoms in total. The fraction of sp³-hybridized carbons (Fsp3) is 0.308. The summed E-state index contributed by atoms with van der Waals surface area (Å²) < 4.78 is 42.7. The molecule has 1 saturated carbocycles. The normalized spacial score (nSPS) is 23.2. The lowest BCUT2D eigenvalue weighted by atomic mass is 10.1. The molecule has 0 amide bonds. The van der Waals surface area contributed by atoms with Gasteiger partial charge in [-0.05, 0) is 17.2 Å². The largest absolute Gasteiger partial charge is 0.446 e. The lowest BCUT2D eigenvalue weighted by Crippen LogP contribution is -2.36. The van der Waals surface area contributed by atoms with E-state index in [-0.39, 0.29) is 18.4 Å². The molecule has 3 aliphatic carbocycles. The van der Waals surface area contributed by atoms with E-state index >= 15 is 0 Å². The van der Waals surface area contributed by atoms with Crippen LogP contribution in [0.1, 0.15) is 12.8 Å². The Balaban J connectivity index is 1.82. The summed E-state index contributed by atoms with van der Waals surface area (Å²) in [5.74, 6) is -0.897. The molecule has 0 N–H and O–H groups in total. The van der Waals surface area contributed by atoms with Crippen LogP contribution in [0, 0.1) is 0 Å². The zero-order valence-corrected chi connectivity index (χ0v) is 9.25. The summed E-state index contributed by atoms with van der Waals surface area (Å²) in [4.78, 5) is 11.8. The summed E-state index contributed by atoms with van der Waals surface area (Å²) in [6.45, 7) is 0. The van der Waals surface area contributed by atoms with Crippen LogP contribution in [-0.2, 0) is 9.53 Å². The molecule has 0 saturated heterocycles. The van der Waals surface area contributed by atoms with E-state index in [0.29, 0.717) is 5.57 Å². The van der Waals surface area contributed by atoms with Gasteiger partial charge >= 0.3 is 12.1 Å². The summed E-state index contributed by atoms with van der Waals surface area (Å²) in [5.41, 5.74) is -0.581. The maximum absolute atomic E-state index is 12.7. The van der Waals surface area contributed by atoms with Gasteiger partial charge in [0.2, 0.25) is 5.60 Å². The summed E-state index contributed by atoms with van der Waals surface area (Å²) in [6.07, 6.45) is 3.65. The second-order valence-electron chi connectivity index (χ2n) is 4.52. The Labute approximate surface area is 101 Å². The van der Waals surface area contributed by atoms with Crippen LogP contribution in [-0.4, -0.2) is 17.7 Å². The van der Waals surface area contributed by atoms with Gasteiger partial charge in [-0.1, -0.05) is 24.3 Å². The molecule has 3 rings (SSSR count). The van der Waals surface area contributed by atoms with Crippen LogP contribution >= 0.6 is 0 Å². The van der Waals surface area contributed by atoms with Crippen molar-refractivity contribution < 1.29 is 22.7 Å². The molecule has 0 radical (unpaired) electrons. The molecule has 0 bridgehead atoms. The van der Waals surface area contributed by atoms with Crippen molar-refractivity contribution in [3.05, 3.63) is 47.1 Å². The molecule has 0 aromatic carbocycles. The lowest BCUT2D eigenvalue weighted by Gasteiger charge is -2.19. The van der Waals surface area contributed by atoms with Crippen molar-refractivity contribution in [2.45, 2.75) is 24.6 Å². The number of carbonyl (C=O) groups is 1. The van der Waals surface area contributed by atoms with Crippen molar-refractivity contribution in [1.29, 1.82) is 0 Å². The topological polar surface area (TPSA) is 26.3 Å². The van der Waals surface area contributed by atoms with Crippen LogP contribution in [0.5, 0.6) is 0 Å². The number of hydrogen-bond acceptors (Lipinski definition) is 2. The molecule has 0 aromatic heterocycles. The second kappa shape index (κ2) is 3.37. The number of halogens is 3. The van der Waals surface area contributed by atoms with E-state index in [0.717, 1.165) is 5.57 Å². The van der Waals surface area contributed by atoms with Gasteiger partial charge in [0.15, 0.2) is 0 Å². The SMILES string of the molecule is O=C(OC1(C(F)(F)F)CC1)C1=C2C=CC=C2C=C1. The Hall–Kier alpha value is -1.78. The Bertz CT molecular complexity index is 543. The molecular formula is C13H9F3O2. The number of rotatable bonds is 2. The molecule has 3 aliphatic rings. The van der Waals surface area contributed by atoms with Gasteiger partial charge in [0, 0.05) is 12.8 Å². The molecule has 18 heavy (non-hydrogen) atoms. The lowest BCUT2D eigenvalue weighted by molar-refractivity contribution is -0.231. The van der Waals surface area contributed by atoms with Crippen molar-refractivity contribution in [3.63, 3.8) is 0 Å². The third kappa shape index (κ3) is 1.54. The Kier molecular flexibility index (Phi) is 2.12. The molecule has 0 heterocycles. The molecule has 0 atom stereocenters. The fourth-order valence-corrected chi connectivity index (χ4v) is 2.05. The Morgan fingerprint density at radius 2 is 1.94 bits per heavy atom. The highest BCUT2D eigenvalue weighted by Gasteiger charge is 2.67. The van der Waals surface area contributed by atoms with Crippen molar-refractivity contribution >= 4 is 5.97 Å². The van der Waals surface area contributed by atoms with Gasteiger partial charge in [-0.25, -0.2) is 4.79 Å². The maximum atomic E-state index is 12.7. The summed E-state index contributed by atoms with van der Waals surface area (Å²) >= 11 is 0. The minimum Gasteiger partial charge on any atom is -0.446 e. The molecule has 0 aromatic rings. The average Bonchev–Trinajstić information content (AvgIpc) is 2.75. The summed E-state index contributed by atoms with van der Waals surface area (Å²) in [7, 11) is 0. The minimum atomic E-state index is -4.49. The highest BCUT2D eigenvalue weighted by atomic mass is 19.4. The quantitative estimate of drug-likeness (QED) is 0.708. The molecule has 0 aliphatic heterocycles. The number of fused-ring (bicyclic) bond motifs is 1. The predicted octanol–water partition coefficient (Wildman–Crippen LogP) is 2.99. The molecule has 0 unspecified atom stereocenters. The molecule has 5 heteroatoms. The summed E-state index contributed by atoms with van der Waals surface area (Å²) in [5, 5.41) is 0. The van der Waals surface area contributed by atoms with E-state index in [1.807, 2.05) is 0 Å². The number of ether oxygens (including phenoxy) is 1. The Morgan fingerprint density at radius 3 is 2.56 bits per heavy atom. The first-order valence-corrected chi connectivity index (χ1v) is 5.54. The van der Waals surface area contributed by atoms with Crippen LogP contribution in [0.25, 0.3) is 0 Å². The predicted molar refractivity (Wildman–Crippen MR) is 57.5 cm³/mol. The van der Waals surface area contributed by atoms with Gasteiger partial charge in [-0.3, -0.25) is 0 Å². The number of hydrogen-bond donors (Lipinski definition) is 0. The van der Waals surface area contributed by atoms with E-state index in [1.54, 1.807) is 24.3 Å². The summed E-state index contributed by atoms with van der Waals surface area (Å²) in [6, 6.07) is 0. The zero-order chi connectivity index (χ0) is 13.0. The molecular weight excluding hydrogens is 245 g/mol. The van der Waals surface area contributed by atoms with Crippen LogP contribution in [0.2, 0.25) is 0 Å². The third-order valence-corrected chi connectivity index (χ3v) is 3.30. The second-order valence-corrected chi connectivity index (χ2v) is 4.52. The smallest absolute Gasteiger partial charge is 0.428 e. The average molecular weight is 254 g/mol. The van der Waals surface area contributed by atoms with Crippen molar-refractivity contribution in [1.82, 2.24) is 0 Å². The van der Waals surface area contributed by atoms with Crippen LogP contribution in [0.3, 0.4) is 0 Å². The van der Waals surface area contributed by atoms with Gasteiger partial charge in [0.05, 0.1) is 5.57 Å². The van der Waals surface area contributed by atoms with Crippen LogP contribution < -0.4 is 0 Å². The van der Waals surface area contributed by atoms with Crippen LogP contribution in [0.4, 0.5) is 13.2 Å². The highest BCUT2D eigenvalue weighted by molar-refractivity contribution is 5.97. The van der Waals surface area contributed by atoms with E-state index in [2.05, 4.69) is 4.74 Å². The van der Waals surface area contributed by atoms with E-state index in [4.69, 9.17) is 0 Å². The molecule has 94 valence electrons. The van der Waals surface area contributed by atoms with Crippen molar-refractivity contribution in [2.24, 2.45) is 0 Å². The van der Waals surface area contributed by atoms with E-state index in [9.17, 15) is 18.0 Å². The van der Waals surface area contributed by atoms with Gasteiger partial charge in [-0.2, -0.15) is 13.2 Å². The van der Waals surface area contributed by atoms with Crippen molar-refractivity contribution in [3.8, 4) is 0 Å². The van der Waals surface area contributed by atoms with Gasteiger partial charge in [-0.15, -0.1) is 0 Å². The standard InChI is InChI=1S/C13H9F3O2/c14-13(15,16)12(6-7-12)18-11(17)10-5-4-8-2-1-3-9(8)10/h1-5H,6-7H2. The zero-order valence-electron chi connectivity index (χ0n) is 9.25. The number of carbonyl (C=O) groups excluding carboxylic acids is 1. The molecule has 1 fully saturated rings. The third-order valence-electron chi connectivity index (χ3n) is 3.30. The molecule has 0 spiro atoms. The van der Waals surface area contributed by atoms with E-state index < -0.39 is 17.7 Å². The van der Waals surface area contributed by atoms with Gasteiger partial charge < -0.3 is 4.74 Å². The number of allylic oxidation sites excluding steroid dienone is 6. The number of esters is 1. The van der Waals surface area contributed by atoms with Crippen LogP contribution in [0.15, 0.2) is 47.1 Å². The number of alkyl halides is 3. The Morgan fingerprint density at radius 1 is 1.22 bits per heavy atom. The maximum Gasteiger partial charge on any atom is 0.428 e. The monoisotopic (exact) mass is 254 g/mol. The van der Waals surface area contributed by atoms with Crippen molar-refractivity contribution in [2.75, 3.05) is 0 Å². The minimum absolute atomic E-state index is 0.146. The first kappa shape index (κ1) is 11.3. The fourth-order valence-electron chi connectivity index (χ4n) is 2.05.